The highest BCUT2D eigenvalue weighted by molar-refractivity contribution is 6.12. The maximum Gasteiger partial charge on any atom is 0.282 e. The van der Waals surface area contributed by atoms with E-state index < -0.39 is 5.91 Å². The Hall–Kier alpha value is -2.50. The van der Waals surface area contributed by atoms with E-state index in [1.807, 2.05) is 6.92 Å². The second-order valence-electron chi connectivity index (χ2n) is 5.72. The van der Waals surface area contributed by atoms with Gasteiger partial charge in [0.05, 0.1) is 11.3 Å². The number of hydrogen-bond donors (Lipinski definition) is 2. The topological polar surface area (TPSA) is 77.8 Å². The molecule has 24 heavy (non-hydrogen) atoms. The molecule has 0 unspecified atom stereocenters. The molecule has 0 spiro atoms. The Kier molecular flexibility index (Phi) is 5.84. The molecule has 0 bridgehead atoms. The van der Waals surface area contributed by atoms with Crippen molar-refractivity contribution < 1.29 is 19.9 Å². The first-order valence-electron chi connectivity index (χ1n) is 7.78. The normalized spacial score (nSPS) is 10.5. The van der Waals surface area contributed by atoms with Gasteiger partial charge in [0.1, 0.15) is 0 Å². The van der Waals surface area contributed by atoms with Crippen LogP contribution in [0.4, 0.5) is 5.69 Å². The summed E-state index contributed by atoms with van der Waals surface area (Å²) in [7, 11) is 0. The lowest BCUT2D eigenvalue weighted by Crippen LogP contribution is -2.28. The molecule has 5 nitrogen and oxygen atoms in total. The predicted octanol–water partition coefficient (Wildman–Crippen LogP) is 3.16. The zero-order chi connectivity index (χ0) is 17.7. The molecule has 126 valence electrons. The minimum atomic E-state index is -0.646. The van der Waals surface area contributed by atoms with Gasteiger partial charge in [0.25, 0.3) is 5.91 Å². The molecule has 2 N–H and O–H groups in total. The first-order chi connectivity index (χ1) is 11.4. The summed E-state index contributed by atoms with van der Waals surface area (Å²) in [5, 5.41) is 19.6. The number of anilines is 1. The third kappa shape index (κ3) is 4.07. The van der Waals surface area contributed by atoms with Gasteiger partial charge in [-0.3, -0.25) is 14.8 Å². The number of carbonyl (C=O) groups is 2. The molecule has 0 aliphatic rings. The molecule has 2 rings (SSSR count). The van der Waals surface area contributed by atoms with E-state index >= 15 is 0 Å². The Morgan fingerprint density at radius 1 is 1.04 bits per heavy atom. The first-order valence-corrected chi connectivity index (χ1v) is 7.78. The van der Waals surface area contributed by atoms with Crippen LogP contribution in [0.25, 0.3) is 0 Å². The van der Waals surface area contributed by atoms with Crippen LogP contribution in [0.1, 0.15) is 45.2 Å². The van der Waals surface area contributed by atoms with E-state index in [1.54, 1.807) is 42.5 Å². The van der Waals surface area contributed by atoms with Crippen molar-refractivity contribution in [3.05, 3.63) is 64.7 Å². The second kappa shape index (κ2) is 7.86. The van der Waals surface area contributed by atoms with Crippen LogP contribution in [-0.4, -0.2) is 28.6 Å². The van der Waals surface area contributed by atoms with Crippen molar-refractivity contribution in [1.82, 2.24) is 0 Å². The number of rotatable bonds is 6. The first kappa shape index (κ1) is 17.8. The van der Waals surface area contributed by atoms with Gasteiger partial charge in [0.15, 0.2) is 5.78 Å². The fraction of sp³-hybridized carbons (Fsp3) is 0.263. The van der Waals surface area contributed by atoms with Crippen molar-refractivity contribution >= 4 is 17.4 Å². The monoisotopic (exact) mass is 327 g/mol. The van der Waals surface area contributed by atoms with Crippen molar-refractivity contribution in [3.8, 4) is 0 Å². The molecular weight excluding hydrogens is 306 g/mol. The molecule has 2 aromatic carbocycles. The number of hydrogen-bond acceptors (Lipinski definition) is 4. The SMILES string of the molecule is CC(=O)c1ccc(C)cc1C(=O)N(O)c1ccc(CCCO)cc1. The summed E-state index contributed by atoms with van der Waals surface area (Å²) >= 11 is 0. The smallest absolute Gasteiger partial charge is 0.282 e. The van der Waals surface area contributed by atoms with Gasteiger partial charge in [-0.15, -0.1) is 0 Å². The minimum absolute atomic E-state index is 0.119. The standard InChI is InChI=1S/C19H21NO4/c1-13-5-10-17(14(2)22)18(12-13)19(23)20(24)16-8-6-15(7-9-16)4-3-11-21/h5-10,12,21,24H,3-4,11H2,1-2H3. The summed E-state index contributed by atoms with van der Waals surface area (Å²) < 4.78 is 0. The summed E-state index contributed by atoms with van der Waals surface area (Å²) in [5.41, 5.74) is 2.62. The highest BCUT2D eigenvalue weighted by Gasteiger charge is 2.21. The zero-order valence-electron chi connectivity index (χ0n) is 13.8. The van der Waals surface area contributed by atoms with E-state index in [1.165, 1.54) is 6.92 Å². The van der Waals surface area contributed by atoms with Gasteiger partial charge in [-0.05, 0) is 50.5 Å². The lowest BCUT2D eigenvalue weighted by molar-refractivity contribution is 0.0848. The molecule has 0 aliphatic carbocycles. The summed E-state index contributed by atoms with van der Waals surface area (Å²) in [6.07, 6.45) is 1.38. The van der Waals surface area contributed by atoms with Crippen molar-refractivity contribution in [2.45, 2.75) is 26.7 Å². The number of amides is 1. The molecule has 2 aromatic rings. The molecule has 1 amide bonds. The van der Waals surface area contributed by atoms with Crippen LogP contribution in [0.5, 0.6) is 0 Å². The van der Waals surface area contributed by atoms with Gasteiger partial charge in [-0.2, -0.15) is 5.06 Å². The predicted molar refractivity (Wildman–Crippen MR) is 91.6 cm³/mol. The summed E-state index contributed by atoms with van der Waals surface area (Å²) in [6.45, 7) is 3.32. The number of aryl methyl sites for hydroxylation is 2. The maximum absolute atomic E-state index is 12.6. The minimum Gasteiger partial charge on any atom is -0.396 e. The zero-order valence-corrected chi connectivity index (χ0v) is 13.8. The molecule has 5 heteroatoms. The number of Topliss-reactive ketones (excluding diaryl/α,β-unsaturated/α-hetero) is 1. The molecule has 0 radical (unpaired) electrons. The second-order valence-corrected chi connectivity index (χ2v) is 5.72. The maximum atomic E-state index is 12.6. The molecule has 0 saturated carbocycles. The average molecular weight is 327 g/mol. The Balaban J connectivity index is 2.26. The van der Waals surface area contributed by atoms with E-state index in [-0.39, 0.29) is 23.5 Å². The van der Waals surface area contributed by atoms with Crippen LogP contribution in [0.15, 0.2) is 42.5 Å². The third-order valence-corrected chi connectivity index (χ3v) is 3.78. The van der Waals surface area contributed by atoms with Crippen molar-refractivity contribution in [3.63, 3.8) is 0 Å². The van der Waals surface area contributed by atoms with E-state index in [9.17, 15) is 14.8 Å². The van der Waals surface area contributed by atoms with Gasteiger partial charge in [0.2, 0.25) is 0 Å². The number of nitrogens with zero attached hydrogens (tertiary/aromatic N) is 1. The number of ketones is 1. The van der Waals surface area contributed by atoms with Crippen LogP contribution in [0.2, 0.25) is 0 Å². The largest absolute Gasteiger partial charge is 0.396 e. The van der Waals surface area contributed by atoms with Gasteiger partial charge >= 0.3 is 0 Å². The van der Waals surface area contributed by atoms with Crippen LogP contribution < -0.4 is 5.06 Å². The van der Waals surface area contributed by atoms with Crippen LogP contribution >= 0.6 is 0 Å². The Bertz CT molecular complexity index is 738. The van der Waals surface area contributed by atoms with E-state index in [0.29, 0.717) is 17.2 Å². The molecule has 0 heterocycles. The lowest BCUT2D eigenvalue weighted by atomic mass is 10.0. The van der Waals surface area contributed by atoms with Crippen molar-refractivity contribution in [1.29, 1.82) is 0 Å². The molecule has 0 atom stereocenters. The van der Waals surface area contributed by atoms with Gasteiger partial charge in [-0.25, -0.2) is 0 Å². The highest BCUT2D eigenvalue weighted by atomic mass is 16.5. The summed E-state index contributed by atoms with van der Waals surface area (Å²) in [4.78, 5) is 24.3. The number of aliphatic hydroxyl groups excluding tert-OH is 1. The van der Waals surface area contributed by atoms with Crippen molar-refractivity contribution in [2.24, 2.45) is 0 Å². The van der Waals surface area contributed by atoms with E-state index in [0.717, 1.165) is 17.5 Å². The number of benzene rings is 2. The molecule has 0 aromatic heterocycles. The van der Waals surface area contributed by atoms with Crippen LogP contribution in [0.3, 0.4) is 0 Å². The molecule has 0 aliphatic heterocycles. The molecule has 0 saturated heterocycles. The van der Waals surface area contributed by atoms with Gasteiger partial charge in [0, 0.05) is 12.2 Å². The highest BCUT2D eigenvalue weighted by Crippen LogP contribution is 2.20. The summed E-state index contributed by atoms with van der Waals surface area (Å²) in [6, 6.07) is 11.8. The molecule has 0 fully saturated rings. The van der Waals surface area contributed by atoms with Gasteiger partial charge < -0.3 is 5.11 Å². The van der Waals surface area contributed by atoms with Gasteiger partial charge in [-0.1, -0.05) is 29.8 Å². The van der Waals surface area contributed by atoms with Crippen LogP contribution in [0, 0.1) is 6.92 Å². The van der Waals surface area contributed by atoms with Crippen LogP contribution in [-0.2, 0) is 6.42 Å². The number of hydroxylamine groups is 1. The quantitative estimate of drug-likeness (QED) is 0.485. The van der Waals surface area contributed by atoms with E-state index in [2.05, 4.69) is 0 Å². The summed E-state index contributed by atoms with van der Waals surface area (Å²) in [5.74, 6) is -0.877. The third-order valence-electron chi connectivity index (χ3n) is 3.78. The lowest BCUT2D eigenvalue weighted by Gasteiger charge is -2.17. The number of aliphatic hydroxyl groups is 1. The Labute approximate surface area is 141 Å². The average Bonchev–Trinajstić information content (AvgIpc) is 2.58. The Morgan fingerprint density at radius 3 is 2.29 bits per heavy atom. The Morgan fingerprint density at radius 2 is 1.71 bits per heavy atom. The number of carbonyl (C=O) groups excluding carboxylic acids is 2. The molecular formula is C19H21NO4. The fourth-order valence-corrected chi connectivity index (χ4v) is 2.46. The van der Waals surface area contributed by atoms with E-state index in [4.69, 9.17) is 5.11 Å². The van der Waals surface area contributed by atoms with Crippen molar-refractivity contribution in [2.75, 3.05) is 11.7 Å². The fourth-order valence-electron chi connectivity index (χ4n) is 2.46.